The minimum Gasteiger partial charge on any atom is -0.361 e. The van der Waals surface area contributed by atoms with Gasteiger partial charge in [-0.05, 0) is 59.6 Å². The van der Waals surface area contributed by atoms with E-state index in [1.807, 2.05) is 6.92 Å². The number of benzene rings is 1. The molecular formula is C19H17BrN4O3. The summed E-state index contributed by atoms with van der Waals surface area (Å²) in [4.78, 5) is 29.1. The molecule has 0 aliphatic heterocycles. The zero-order valence-electron chi connectivity index (χ0n) is 14.7. The Labute approximate surface area is 164 Å². The molecule has 0 saturated carbocycles. The van der Waals surface area contributed by atoms with Gasteiger partial charge in [-0.25, -0.2) is 4.98 Å². The lowest BCUT2D eigenvalue weighted by molar-refractivity contribution is 0.101. The van der Waals surface area contributed by atoms with Crippen LogP contribution in [0.4, 0.5) is 11.5 Å². The van der Waals surface area contributed by atoms with E-state index in [1.165, 1.54) is 0 Å². The van der Waals surface area contributed by atoms with Crippen LogP contribution in [0.2, 0.25) is 0 Å². The highest BCUT2D eigenvalue weighted by Crippen LogP contribution is 2.18. The number of hydrogen-bond donors (Lipinski definition) is 2. The maximum absolute atomic E-state index is 12.6. The number of aromatic nitrogens is 2. The molecule has 27 heavy (non-hydrogen) atoms. The average Bonchev–Trinajstić information content (AvgIpc) is 3.04. The third-order valence-corrected chi connectivity index (χ3v) is 4.32. The first-order valence-corrected chi connectivity index (χ1v) is 9.06. The number of carbonyl (C=O) groups is 2. The molecule has 0 aliphatic rings. The fourth-order valence-corrected chi connectivity index (χ4v) is 2.75. The standard InChI is InChI=1S/C19H17BrN4O3/c1-3-15-17(11(2)27-24-15)19(26)22-14-6-4-5-12(9-14)18(25)23-16-8-7-13(20)10-21-16/h4-10H,3H2,1-2H3,(H,22,26)(H,21,23,25). The molecule has 2 aromatic heterocycles. The molecule has 2 heterocycles. The van der Waals surface area contributed by atoms with Gasteiger partial charge in [0.05, 0.1) is 5.69 Å². The van der Waals surface area contributed by atoms with Crippen LogP contribution in [0.15, 0.2) is 51.6 Å². The Bertz CT molecular complexity index is 983. The van der Waals surface area contributed by atoms with Gasteiger partial charge in [-0.15, -0.1) is 0 Å². The van der Waals surface area contributed by atoms with E-state index in [9.17, 15) is 9.59 Å². The summed E-state index contributed by atoms with van der Waals surface area (Å²) in [7, 11) is 0. The van der Waals surface area contributed by atoms with Gasteiger partial charge in [0.15, 0.2) is 0 Å². The van der Waals surface area contributed by atoms with E-state index in [2.05, 4.69) is 36.7 Å². The Morgan fingerprint density at radius 2 is 1.96 bits per heavy atom. The van der Waals surface area contributed by atoms with Crippen LogP contribution in [-0.2, 0) is 6.42 Å². The number of carbonyl (C=O) groups excluding carboxylic acids is 2. The Morgan fingerprint density at radius 1 is 1.15 bits per heavy atom. The molecule has 2 N–H and O–H groups in total. The van der Waals surface area contributed by atoms with Crippen LogP contribution in [0.5, 0.6) is 0 Å². The van der Waals surface area contributed by atoms with Gasteiger partial charge < -0.3 is 15.2 Å². The molecule has 3 aromatic rings. The molecule has 0 atom stereocenters. The maximum Gasteiger partial charge on any atom is 0.261 e. The van der Waals surface area contributed by atoms with Gasteiger partial charge in [-0.3, -0.25) is 9.59 Å². The molecule has 0 aliphatic carbocycles. The van der Waals surface area contributed by atoms with Crippen LogP contribution in [0.1, 0.15) is 39.1 Å². The summed E-state index contributed by atoms with van der Waals surface area (Å²) in [6, 6.07) is 10.1. The number of pyridine rings is 1. The van der Waals surface area contributed by atoms with Gasteiger partial charge in [-0.2, -0.15) is 0 Å². The van der Waals surface area contributed by atoms with Crippen molar-refractivity contribution >= 4 is 39.2 Å². The summed E-state index contributed by atoms with van der Waals surface area (Å²) in [5.74, 6) is 0.249. The summed E-state index contributed by atoms with van der Waals surface area (Å²) < 4.78 is 5.92. The van der Waals surface area contributed by atoms with E-state index in [0.717, 1.165) is 4.47 Å². The van der Waals surface area contributed by atoms with Gasteiger partial charge in [0.25, 0.3) is 11.8 Å². The van der Waals surface area contributed by atoms with Crippen LogP contribution in [-0.4, -0.2) is 22.0 Å². The highest BCUT2D eigenvalue weighted by atomic mass is 79.9. The van der Waals surface area contributed by atoms with Crippen LogP contribution < -0.4 is 10.6 Å². The average molecular weight is 429 g/mol. The molecular weight excluding hydrogens is 412 g/mol. The number of nitrogens with one attached hydrogen (secondary N) is 2. The number of amides is 2. The Hall–Kier alpha value is -3.00. The monoisotopic (exact) mass is 428 g/mol. The molecule has 0 bridgehead atoms. The fourth-order valence-electron chi connectivity index (χ4n) is 2.52. The molecule has 1 aromatic carbocycles. The smallest absolute Gasteiger partial charge is 0.261 e. The number of anilines is 2. The van der Waals surface area contributed by atoms with E-state index >= 15 is 0 Å². The zero-order valence-corrected chi connectivity index (χ0v) is 16.3. The van der Waals surface area contributed by atoms with Crippen LogP contribution in [0, 0.1) is 6.92 Å². The summed E-state index contributed by atoms with van der Waals surface area (Å²) in [5, 5.41) is 9.38. The minimum atomic E-state index is -0.323. The van der Waals surface area contributed by atoms with Gasteiger partial charge >= 0.3 is 0 Å². The van der Waals surface area contributed by atoms with Crippen molar-refractivity contribution in [1.29, 1.82) is 0 Å². The van der Waals surface area contributed by atoms with Gasteiger partial charge in [-0.1, -0.05) is 18.1 Å². The predicted octanol–water partition coefficient (Wildman–Crippen LogP) is 4.21. The van der Waals surface area contributed by atoms with Gasteiger partial charge in [0, 0.05) is 21.9 Å². The first-order valence-electron chi connectivity index (χ1n) is 8.27. The lowest BCUT2D eigenvalue weighted by Gasteiger charge is -2.08. The van der Waals surface area contributed by atoms with Crippen LogP contribution >= 0.6 is 15.9 Å². The molecule has 0 fully saturated rings. The Kier molecular flexibility index (Phi) is 5.66. The quantitative estimate of drug-likeness (QED) is 0.634. The Balaban J connectivity index is 1.75. The third-order valence-electron chi connectivity index (χ3n) is 3.85. The highest BCUT2D eigenvalue weighted by Gasteiger charge is 2.19. The number of aryl methyl sites for hydroxylation is 2. The normalized spacial score (nSPS) is 10.5. The molecule has 3 rings (SSSR count). The number of hydrogen-bond acceptors (Lipinski definition) is 5. The van der Waals surface area contributed by atoms with Gasteiger partial charge in [0.2, 0.25) is 0 Å². The van der Waals surface area contributed by atoms with Crippen molar-refractivity contribution in [3.63, 3.8) is 0 Å². The van der Waals surface area contributed by atoms with E-state index in [1.54, 1.807) is 49.5 Å². The SMILES string of the molecule is CCc1noc(C)c1C(=O)Nc1cccc(C(=O)Nc2ccc(Br)cn2)c1. The zero-order chi connectivity index (χ0) is 19.4. The van der Waals surface area contributed by atoms with E-state index in [0.29, 0.717) is 40.5 Å². The molecule has 0 unspecified atom stereocenters. The largest absolute Gasteiger partial charge is 0.361 e. The van der Waals surface area contributed by atoms with Crippen molar-refractivity contribution < 1.29 is 14.1 Å². The topological polar surface area (TPSA) is 97.1 Å². The second kappa shape index (κ2) is 8.13. The van der Waals surface area contributed by atoms with Gasteiger partial charge in [0.1, 0.15) is 17.1 Å². The second-order valence-corrected chi connectivity index (χ2v) is 6.68. The number of rotatable bonds is 5. The lowest BCUT2D eigenvalue weighted by atomic mass is 10.1. The van der Waals surface area contributed by atoms with E-state index in [-0.39, 0.29) is 11.8 Å². The van der Waals surface area contributed by atoms with Crippen LogP contribution in [0.25, 0.3) is 0 Å². The summed E-state index contributed by atoms with van der Waals surface area (Å²) in [6.07, 6.45) is 2.18. The van der Waals surface area contributed by atoms with E-state index < -0.39 is 0 Å². The predicted molar refractivity (Wildman–Crippen MR) is 105 cm³/mol. The maximum atomic E-state index is 12.6. The third kappa shape index (κ3) is 4.40. The number of nitrogens with zero attached hydrogens (tertiary/aromatic N) is 2. The van der Waals surface area contributed by atoms with Crippen molar-refractivity contribution in [2.24, 2.45) is 0 Å². The molecule has 7 nitrogen and oxygen atoms in total. The van der Waals surface area contributed by atoms with Crippen molar-refractivity contribution in [2.75, 3.05) is 10.6 Å². The molecule has 0 saturated heterocycles. The molecule has 2 amide bonds. The molecule has 0 spiro atoms. The van der Waals surface area contributed by atoms with Crippen LogP contribution in [0.3, 0.4) is 0 Å². The summed E-state index contributed by atoms with van der Waals surface area (Å²) >= 11 is 3.29. The summed E-state index contributed by atoms with van der Waals surface area (Å²) in [5.41, 5.74) is 1.92. The van der Waals surface area contributed by atoms with Crippen molar-refractivity contribution in [1.82, 2.24) is 10.1 Å². The number of halogens is 1. The van der Waals surface area contributed by atoms with Crippen molar-refractivity contribution in [3.05, 3.63) is 69.6 Å². The highest BCUT2D eigenvalue weighted by molar-refractivity contribution is 9.10. The fraction of sp³-hybridized carbons (Fsp3) is 0.158. The Morgan fingerprint density at radius 3 is 2.67 bits per heavy atom. The molecule has 8 heteroatoms. The minimum absolute atomic E-state index is 0.322. The van der Waals surface area contributed by atoms with Crippen molar-refractivity contribution in [2.45, 2.75) is 20.3 Å². The lowest BCUT2D eigenvalue weighted by Crippen LogP contribution is -2.16. The summed E-state index contributed by atoms with van der Waals surface area (Å²) in [6.45, 7) is 3.59. The molecule has 138 valence electrons. The first kappa shape index (κ1) is 18.8. The second-order valence-electron chi connectivity index (χ2n) is 5.76. The first-order chi connectivity index (χ1) is 13.0. The van der Waals surface area contributed by atoms with Crippen molar-refractivity contribution in [3.8, 4) is 0 Å². The van der Waals surface area contributed by atoms with E-state index in [4.69, 9.17) is 4.52 Å². The molecule has 0 radical (unpaired) electrons.